The number of benzene rings is 2. The Kier molecular flexibility index (Phi) is 5.35. The van der Waals surface area contributed by atoms with Gasteiger partial charge in [0.15, 0.2) is 0 Å². The highest BCUT2D eigenvalue weighted by molar-refractivity contribution is 6.32. The van der Waals surface area contributed by atoms with E-state index in [0.29, 0.717) is 23.0 Å². The van der Waals surface area contributed by atoms with Crippen molar-refractivity contribution < 1.29 is 4.79 Å². The van der Waals surface area contributed by atoms with Gasteiger partial charge >= 0.3 is 0 Å². The minimum absolute atomic E-state index is 0.295. The quantitative estimate of drug-likeness (QED) is 0.401. The third-order valence-corrected chi connectivity index (χ3v) is 4.87. The number of aromatic nitrogens is 3. The summed E-state index contributed by atoms with van der Waals surface area (Å²) in [5.74, 6) is -0.391. The van der Waals surface area contributed by atoms with Gasteiger partial charge in [-0.15, -0.1) is 0 Å². The molecular formula is C22H18ClN5O. The molecule has 0 unspecified atom stereocenters. The van der Waals surface area contributed by atoms with Gasteiger partial charge in [0, 0.05) is 5.39 Å². The lowest BCUT2D eigenvalue weighted by Crippen LogP contribution is -2.19. The zero-order valence-electron chi connectivity index (χ0n) is 15.7. The third kappa shape index (κ3) is 4.17. The summed E-state index contributed by atoms with van der Waals surface area (Å²) in [6.45, 7) is 2.41. The lowest BCUT2D eigenvalue weighted by Gasteiger charge is -2.03. The van der Waals surface area contributed by atoms with Crippen molar-refractivity contribution >= 4 is 34.6 Å². The van der Waals surface area contributed by atoms with Crippen LogP contribution in [0.15, 0.2) is 71.8 Å². The minimum Gasteiger partial charge on any atom is -0.266 e. The predicted molar refractivity (Wildman–Crippen MR) is 114 cm³/mol. The summed E-state index contributed by atoms with van der Waals surface area (Å²) < 4.78 is 1.71. The molecule has 2 aromatic carbocycles. The summed E-state index contributed by atoms with van der Waals surface area (Å²) in [7, 11) is 0. The Morgan fingerprint density at radius 1 is 1.10 bits per heavy atom. The average molecular weight is 404 g/mol. The molecule has 0 spiro atoms. The van der Waals surface area contributed by atoms with Crippen molar-refractivity contribution in [3.8, 4) is 0 Å². The molecule has 1 amide bonds. The van der Waals surface area contributed by atoms with E-state index >= 15 is 0 Å². The summed E-state index contributed by atoms with van der Waals surface area (Å²) in [4.78, 5) is 16.7. The van der Waals surface area contributed by atoms with Crippen molar-refractivity contribution in [2.24, 2.45) is 5.10 Å². The number of nitrogens with zero attached hydrogens (tertiary/aromatic N) is 4. The maximum absolute atomic E-state index is 12.4. The second kappa shape index (κ2) is 8.24. The van der Waals surface area contributed by atoms with Crippen LogP contribution in [0.3, 0.4) is 0 Å². The molecule has 29 heavy (non-hydrogen) atoms. The minimum atomic E-state index is -0.391. The van der Waals surface area contributed by atoms with E-state index in [0.717, 1.165) is 22.2 Å². The number of carbonyl (C=O) groups is 1. The summed E-state index contributed by atoms with van der Waals surface area (Å²) in [5.41, 5.74) is 6.03. The SMILES string of the molecule is Cc1nn(Cc2ccccc2)c(Cl)c1/C=N/NC(=O)c1ccc2ccccc2n1. The number of pyridine rings is 1. The molecule has 1 N–H and O–H groups in total. The van der Waals surface area contributed by atoms with Crippen LogP contribution in [0.4, 0.5) is 0 Å². The second-order valence-corrected chi connectivity index (χ2v) is 6.88. The predicted octanol–water partition coefficient (Wildman–Crippen LogP) is 4.21. The Morgan fingerprint density at radius 3 is 2.69 bits per heavy atom. The fourth-order valence-corrected chi connectivity index (χ4v) is 3.26. The summed E-state index contributed by atoms with van der Waals surface area (Å²) in [6.07, 6.45) is 1.51. The summed E-state index contributed by atoms with van der Waals surface area (Å²) >= 11 is 6.46. The van der Waals surface area contributed by atoms with E-state index in [1.165, 1.54) is 6.21 Å². The van der Waals surface area contributed by atoms with Gasteiger partial charge in [0.25, 0.3) is 5.91 Å². The molecule has 0 saturated heterocycles. The topological polar surface area (TPSA) is 72.2 Å². The molecule has 0 atom stereocenters. The smallest absolute Gasteiger partial charge is 0.266 e. The van der Waals surface area contributed by atoms with Gasteiger partial charge in [0.1, 0.15) is 10.8 Å². The first-order valence-electron chi connectivity index (χ1n) is 9.08. The molecule has 7 heteroatoms. The number of hydrogen-bond donors (Lipinski definition) is 1. The van der Waals surface area contributed by atoms with Gasteiger partial charge in [0.2, 0.25) is 0 Å². The first kappa shape index (κ1) is 18.8. The normalized spacial score (nSPS) is 11.2. The fourth-order valence-electron chi connectivity index (χ4n) is 2.98. The van der Waals surface area contributed by atoms with E-state index in [1.807, 2.05) is 67.6 Å². The lowest BCUT2D eigenvalue weighted by atomic mass is 10.2. The van der Waals surface area contributed by atoms with Gasteiger partial charge in [-0.25, -0.2) is 15.1 Å². The molecule has 6 nitrogen and oxygen atoms in total. The van der Waals surface area contributed by atoms with E-state index in [-0.39, 0.29) is 0 Å². The molecule has 0 aliphatic rings. The standard InChI is InChI=1S/C22H18ClN5O/c1-15-18(21(23)28(27-15)14-16-7-3-2-4-8-16)13-24-26-22(29)20-12-11-17-9-5-6-10-19(17)25-20/h2-13H,14H2,1H3,(H,26,29)/b24-13+. The number of hydrogen-bond acceptors (Lipinski definition) is 4. The maximum atomic E-state index is 12.4. The number of nitrogens with one attached hydrogen (secondary N) is 1. The Bertz CT molecular complexity index is 1200. The number of carbonyl (C=O) groups excluding carboxylic acids is 1. The summed E-state index contributed by atoms with van der Waals surface area (Å²) in [6, 6.07) is 21.1. The number of rotatable bonds is 5. The molecule has 0 bridgehead atoms. The van der Waals surface area contributed by atoms with Crippen molar-refractivity contribution in [3.63, 3.8) is 0 Å². The first-order chi connectivity index (χ1) is 14.1. The largest absolute Gasteiger partial charge is 0.289 e. The van der Waals surface area contributed by atoms with Gasteiger partial charge in [-0.3, -0.25) is 4.79 Å². The average Bonchev–Trinajstić information content (AvgIpc) is 3.01. The molecule has 2 aromatic heterocycles. The Hall–Kier alpha value is -3.51. The molecule has 4 aromatic rings. The van der Waals surface area contributed by atoms with E-state index in [1.54, 1.807) is 10.7 Å². The first-order valence-corrected chi connectivity index (χ1v) is 9.45. The number of fused-ring (bicyclic) bond motifs is 1. The van der Waals surface area contributed by atoms with Crippen LogP contribution in [-0.2, 0) is 6.54 Å². The summed E-state index contributed by atoms with van der Waals surface area (Å²) in [5, 5.41) is 9.94. The van der Waals surface area contributed by atoms with Crippen LogP contribution < -0.4 is 5.43 Å². The van der Waals surface area contributed by atoms with Crippen molar-refractivity contribution in [2.75, 3.05) is 0 Å². The molecule has 0 fully saturated rings. The molecule has 0 aliphatic carbocycles. The Labute approximate surface area is 172 Å². The van der Waals surface area contributed by atoms with Crippen LogP contribution in [0.2, 0.25) is 5.15 Å². The highest BCUT2D eigenvalue weighted by Crippen LogP contribution is 2.19. The molecular weight excluding hydrogens is 386 g/mol. The zero-order chi connectivity index (χ0) is 20.2. The molecule has 0 aliphatic heterocycles. The number of para-hydroxylation sites is 1. The van der Waals surface area contributed by atoms with Crippen molar-refractivity contribution in [1.29, 1.82) is 0 Å². The molecule has 0 radical (unpaired) electrons. The fraction of sp³-hybridized carbons (Fsp3) is 0.0909. The zero-order valence-corrected chi connectivity index (χ0v) is 16.5. The Balaban J connectivity index is 1.48. The molecule has 144 valence electrons. The van der Waals surface area contributed by atoms with Gasteiger partial charge in [-0.1, -0.05) is 66.2 Å². The lowest BCUT2D eigenvalue weighted by molar-refractivity contribution is 0.0950. The molecule has 4 rings (SSSR count). The van der Waals surface area contributed by atoms with Gasteiger partial charge in [0.05, 0.1) is 29.5 Å². The van der Waals surface area contributed by atoms with Crippen LogP contribution in [-0.4, -0.2) is 26.9 Å². The van der Waals surface area contributed by atoms with Crippen molar-refractivity contribution in [2.45, 2.75) is 13.5 Å². The Morgan fingerprint density at radius 2 is 1.86 bits per heavy atom. The number of amides is 1. The monoisotopic (exact) mass is 403 g/mol. The highest BCUT2D eigenvalue weighted by atomic mass is 35.5. The van der Waals surface area contributed by atoms with Gasteiger partial charge in [-0.2, -0.15) is 10.2 Å². The van der Waals surface area contributed by atoms with Gasteiger partial charge < -0.3 is 0 Å². The third-order valence-electron chi connectivity index (χ3n) is 4.48. The highest BCUT2D eigenvalue weighted by Gasteiger charge is 2.12. The number of halogens is 1. The van der Waals surface area contributed by atoms with E-state index in [9.17, 15) is 4.79 Å². The van der Waals surface area contributed by atoms with E-state index in [2.05, 4.69) is 20.6 Å². The van der Waals surface area contributed by atoms with Gasteiger partial charge in [-0.05, 0) is 24.6 Å². The number of aryl methyl sites for hydroxylation is 1. The molecule has 0 saturated carbocycles. The number of hydrazone groups is 1. The van der Waals surface area contributed by atoms with Crippen molar-refractivity contribution in [1.82, 2.24) is 20.2 Å². The van der Waals surface area contributed by atoms with Crippen LogP contribution in [0.5, 0.6) is 0 Å². The van der Waals surface area contributed by atoms with Crippen molar-refractivity contribution in [3.05, 3.63) is 94.4 Å². The van der Waals surface area contributed by atoms with Crippen LogP contribution in [0, 0.1) is 6.92 Å². The molecule has 2 heterocycles. The maximum Gasteiger partial charge on any atom is 0.289 e. The van der Waals surface area contributed by atoms with Crippen LogP contribution in [0.1, 0.15) is 27.3 Å². The van der Waals surface area contributed by atoms with Crippen LogP contribution in [0.25, 0.3) is 10.9 Å². The van der Waals surface area contributed by atoms with E-state index < -0.39 is 5.91 Å². The van der Waals surface area contributed by atoms with Crippen LogP contribution >= 0.6 is 11.6 Å². The second-order valence-electron chi connectivity index (χ2n) is 6.52. The van der Waals surface area contributed by atoms with E-state index in [4.69, 9.17) is 11.6 Å².